The van der Waals surface area contributed by atoms with Crippen LogP contribution in [0.3, 0.4) is 0 Å². The van der Waals surface area contributed by atoms with E-state index in [4.69, 9.17) is 0 Å². The number of benzene rings is 1. The zero-order chi connectivity index (χ0) is 17.0. The normalized spacial score (nSPS) is 36.8. The number of hydrogen-bond donors (Lipinski definition) is 2. The van der Waals surface area contributed by atoms with Crippen LogP contribution in [-0.2, 0) is 10.2 Å². The van der Waals surface area contributed by atoms with Crippen LogP contribution in [0.15, 0.2) is 30.4 Å². The summed E-state index contributed by atoms with van der Waals surface area (Å²) in [5.74, 6) is -1.53. The second-order valence-corrected chi connectivity index (χ2v) is 7.91. The molecule has 3 aliphatic carbocycles. The lowest BCUT2D eigenvalue weighted by Crippen LogP contribution is -2.42. The van der Waals surface area contributed by atoms with Crippen LogP contribution < -0.4 is 0 Å². The van der Waals surface area contributed by atoms with Crippen LogP contribution in [0, 0.1) is 12.8 Å². The molecule has 3 aliphatic rings. The lowest BCUT2D eigenvalue weighted by Gasteiger charge is -2.44. The van der Waals surface area contributed by atoms with Crippen LogP contribution >= 0.6 is 0 Å². The highest BCUT2D eigenvalue weighted by molar-refractivity contribution is 5.78. The molecule has 1 saturated carbocycles. The van der Waals surface area contributed by atoms with Crippen molar-refractivity contribution in [3.05, 3.63) is 47.0 Å². The van der Waals surface area contributed by atoms with Gasteiger partial charge in [-0.05, 0) is 66.2 Å². The van der Waals surface area contributed by atoms with E-state index in [1.165, 1.54) is 0 Å². The molecule has 1 aromatic rings. The van der Waals surface area contributed by atoms with Gasteiger partial charge in [-0.15, -0.1) is 0 Å². The monoisotopic (exact) mass is 314 g/mol. The maximum Gasteiger partial charge on any atom is 0.311 e. The average Bonchev–Trinajstić information content (AvgIpc) is 2.50. The molecule has 1 aromatic carbocycles. The minimum Gasteiger partial charge on any atom is -0.481 e. The molecule has 3 heteroatoms. The summed E-state index contributed by atoms with van der Waals surface area (Å²) >= 11 is 0. The topological polar surface area (TPSA) is 57.5 Å². The minimum atomic E-state index is -0.928. The van der Waals surface area contributed by atoms with Crippen molar-refractivity contribution in [2.24, 2.45) is 5.92 Å². The lowest BCUT2D eigenvalue weighted by atomic mass is 9.63. The van der Waals surface area contributed by atoms with Gasteiger partial charge in [0.15, 0.2) is 0 Å². The molecule has 0 radical (unpaired) electrons. The molecule has 3 nitrogen and oxygen atoms in total. The van der Waals surface area contributed by atoms with Crippen LogP contribution in [-0.4, -0.2) is 21.8 Å². The molecule has 4 rings (SSSR count). The van der Waals surface area contributed by atoms with Crippen LogP contribution in [0.5, 0.6) is 0 Å². The Bertz CT molecular complexity index is 677. The van der Waals surface area contributed by atoms with Crippen LogP contribution in [0.2, 0.25) is 0 Å². The summed E-state index contributed by atoms with van der Waals surface area (Å²) in [5.41, 5.74) is 2.89. The Kier molecular flexibility index (Phi) is 3.68. The first-order valence-electron chi connectivity index (χ1n) is 8.41. The minimum absolute atomic E-state index is 0.144. The van der Waals surface area contributed by atoms with E-state index < -0.39 is 17.5 Å². The summed E-state index contributed by atoms with van der Waals surface area (Å²) in [6.07, 6.45) is 2.70. The number of hydrogen-bond acceptors (Lipinski definition) is 2. The fraction of sp³-hybridized carbons (Fsp3) is 0.550. The molecule has 2 bridgehead atoms. The van der Waals surface area contributed by atoms with Crippen molar-refractivity contribution in [3.63, 3.8) is 0 Å². The van der Waals surface area contributed by atoms with Crippen molar-refractivity contribution in [3.8, 4) is 0 Å². The van der Waals surface area contributed by atoms with Gasteiger partial charge in [0, 0.05) is 0 Å². The van der Waals surface area contributed by atoms with Crippen LogP contribution in [0.1, 0.15) is 62.1 Å². The summed E-state index contributed by atoms with van der Waals surface area (Å²) in [4.78, 5) is 12.1. The van der Waals surface area contributed by atoms with Gasteiger partial charge in [-0.3, -0.25) is 4.79 Å². The molecule has 2 N–H and O–H groups in total. The second-order valence-electron chi connectivity index (χ2n) is 7.91. The SMILES string of the molecule is C=C1C[C@@]2(C)CC[C@]1(O)C[C@H](C)[C@@H](C(=O)O)c1c(C)cccc12. The largest absolute Gasteiger partial charge is 0.481 e. The van der Waals surface area contributed by atoms with Gasteiger partial charge >= 0.3 is 5.97 Å². The van der Waals surface area contributed by atoms with E-state index in [-0.39, 0.29) is 11.3 Å². The molecule has 4 atom stereocenters. The molecule has 0 heterocycles. The number of carboxylic acid groups (broad SMARTS) is 1. The molecule has 0 aliphatic heterocycles. The number of carboxylic acids is 1. The molecular formula is C20H26O3. The Labute approximate surface area is 138 Å². The summed E-state index contributed by atoms with van der Waals surface area (Å²) in [6, 6.07) is 6.09. The third kappa shape index (κ3) is 2.42. The van der Waals surface area contributed by atoms with E-state index in [1.54, 1.807) is 0 Å². The van der Waals surface area contributed by atoms with Crippen LogP contribution in [0.4, 0.5) is 0 Å². The number of fused-ring (bicyclic) bond motifs is 4. The molecule has 0 unspecified atom stereocenters. The van der Waals surface area contributed by atoms with Gasteiger partial charge in [0.25, 0.3) is 0 Å². The predicted octanol–water partition coefficient (Wildman–Crippen LogP) is 3.93. The zero-order valence-electron chi connectivity index (χ0n) is 14.2. The van der Waals surface area contributed by atoms with E-state index >= 15 is 0 Å². The summed E-state index contributed by atoms with van der Waals surface area (Å²) in [5, 5.41) is 21.0. The third-order valence-corrected chi connectivity index (χ3v) is 6.13. The molecule has 1 fully saturated rings. The number of aryl methyl sites for hydroxylation is 1. The van der Waals surface area contributed by atoms with E-state index in [2.05, 4.69) is 19.6 Å². The molecule has 0 aromatic heterocycles. The van der Waals surface area contributed by atoms with Crippen molar-refractivity contribution in [2.75, 3.05) is 0 Å². The Balaban J connectivity index is 2.30. The van der Waals surface area contributed by atoms with Crippen LogP contribution in [0.25, 0.3) is 0 Å². The first kappa shape index (κ1) is 16.3. The average molecular weight is 314 g/mol. The first-order chi connectivity index (χ1) is 10.7. The molecule has 0 spiro atoms. The van der Waals surface area contributed by atoms with E-state index in [0.717, 1.165) is 35.1 Å². The highest BCUT2D eigenvalue weighted by Crippen LogP contribution is 2.53. The van der Waals surface area contributed by atoms with Crippen molar-refractivity contribution in [1.82, 2.24) is 0 Å². The Morgan fingerprint density at radius 2 is 2.04 bits per heavy atom. The van der Waals surface area contributed by atoms with E-state index in [9.17, 15) is 15.0 Å². The summed E-state index contributed by atoms with van der Waals surface area (Å²) in [7, 11) is 0. The van der Waals surface area contributed by atoms with Gasteiger partial charge in [-0.2, -0.15) is 0 Å². The number of aliphatic carboxylic acids is 1. The van der Waals surface area contributed by atoms with E-state index in [0.29, 0.717) is 12.8 Å². The quantitative estimate of drug-likeness (QED) is 0.772. The van der Waals surface area contributed by atoms with Gasteiger partial charge in [0.1, 0.15) is 0 Å². The Hall–Kier alpha value is -1.61. The fourth-order valence-electron chi connectivity index (χ4n) is 4.78. The molecule has 124 valence electrons. The Morgan fingerprint density at radius 1 is 1.35 bits per heavy atom. The van der Waals surface area contributed by atoms with Crippen molar-refractivity contribution in [1.29, 1.82) is 0 Å². The number of rotatable bonds is 1. The fourth-order valence-corrected chi connectivity index (χ4v) is 4.78. The second kappa shape index (κ2) is 5.20. The predicted molar refractivity (Wildman–Crippen MR) is 90.6 cm³/mol. The zero-order valence-corrected chi connectivity index (χ0v) is 14.2. The summed E-state index contributed by atoms with van der Waals surface area (Å²) in [6.45, 7) is 10.3. The van der Waals surface area contributed by atoms with Crippen molar-refractivity contribution >= 4 is 5.97 Å². The molecule has 0 amide bonds. The van der Waals surface area contributed by atoms with Crippen molar-refractivity contribution < 1.29 is 15.0 Å². The van der Waals surface area contributed by atoms with Gasteiger partial charge < -0.3 is 10.2 Å². The van der Waals surface area contributed by atoms with E-state index in [1.807, 2.05) is 26.0 Å². The third-order valence-electron chi connectivity index (χ3n) is 6.13. The molecule has 23 heavy (non-hydrogen) atoms. The highest BCUT2D eigenvalue weighted by Gasteiger charge is 2.48. The van der Waals surface area contributed by atoms with Gasteiger partial charge in [0.05, 0.1) is 11.5 Å². The highest BCUT2D eigenvalue weighted by atomic mass is 16.4. The maximum atomic E-state index is 12.1. The maximum absolute atomic E-state index is 12.1. The molecular weight excluding hydrogens is 288 g/mol. The lowest BCUT2D eigenvalue weighted by molar-refractivity contribution is -0.140. The smallest absolute Gasteiger partial charge is 0.311 e. The van der Waals surface area contributed by atoms with Gasteiger partial charge in [0.2, 0.25) is 0 Å². The Morgan fingerprint density at radius 3 is 2.65 bits per heavy atom. The van der Waals surface area contributed by atoms with Gasteiger partial charge in [-0.1, -0.05) is 38.6 Å². The molecule has 0 saturated heterocycles. The van der Waals surface area contributed by atoms with Crippen molar-refractivity contribution in [2.45, 2.75) is 63.4 Å². The standard InChI is InChI=1S/C20H26O3/c1-12-6-5-7-15-16(12)17(18(21)22)13(2)10-20(23)9-8-19(15,4)11-14(20)3/h5-7,13,17,23H,3,8-11H2,1-2,4H3,(H,21,22)/t13-,17+,19+,20-/m0/s1. The van der Waals surface area contributed by atoms with Gasteiger partial charge in [-0.25, -0.2) is 0 Å². The first-order valence-corrected chi connectivity index (χ1v) is 8.41. The number of carbonyl (C=O) groups is 1. The number of aliphatic hydroxyl groups is 1. The summed E-state index contributed by atoms with van der Waals surface area (Å²) < 4.78 is 0.